The number of aryl methyl sites for hydroxylation is 1. The standard InChI is InChI=1S/C10H13.Al.BrH/c1-3-9-7-5-6-8-10(9)4-2;;/h5-7H,3-4H2,1-2H3;;1H. The zero-order valence-electron chi connectivity index (χ0n) is 7.63. The van der Waals surface area contributed by atoms with E-state index in [0.29, 0.717) is 0 Å². The molecule has 0 amide bonds. The zero-order chi connectivity index (χ0) is 8.27. The SMILES string of the molecule is Br.CCc1ccc[c]([Al])c1CC. The summed E-state index contributed by atoms with van der Waals surface area (Å²) < 4.78 is 1.35. The van der Waals surface area contributed by atoms with E-state index in [9.17, 15) is 0 Å². The van der Waals surface area contributed by atoms with Crippen molar-refractivity contribution < 1.29 is 0 Å². The lowest BCUT2D eigenvalue weighted by Gasteiger charge is -2.09. The predicted molar refractivity (Wildman–Crippen MR) is 60.9 cm³/mol. The molecule has 0 aliphatic rings. The van der Waals surface area contributed by atoms with Crippen molar-refractivity contribution in [3.63, 3.8) is 0 Å². The molecule has 0 fully saturated rings. The molecule has 1 rings (SSSR count). The lowest BCUT2D eigenvalue weighted by atomic mass is 10.0. The molecule has 0 spiro atoms. The fourth-order valence-electron chi connectivity index (χ4n) is 1.42. The highest BCUT2D eigenvalue weighted by Crippen LogP contribution is 2.06. The molecule has 0 saturated carbocycles. The van der Waals surface area contributed by atoms with E-state index in [1.165, 1.54) is 15.6 Å². The Morgan fingerprint density at radius 3 is 2.25 bits per heavy atom. The Hall–Kier alpha value is 0.232. The van der Waals surface area contributed by atoms with Crippen molar-refractivity contribution in [1.29, 1.82) is 0 Å². The Balaban J connectivity index is 0.00000121. The molecule has 2 radical (unpaired) electrons. The topological polar surface area (TPSA) is 0 Å². The molecule has 0 aliphatic heterocycles. The summed E-state index contributed by atoms with van der Waals surface area (Å²) in [5, 5.41) is 0. The summed E-state index contributed by atoms with van der Waals surface area (Å²) >= 11 is 2.79. The second-order valence-electron chi connectivity index (χ2n) is 2.69. The van der Waals surface area contributed by atoms with E-state index in [0.717, 1.165) is 12.8 Å². The molecule has 12 heavy (non-hydrogen) atoms. The smallest absolute Gasteiger partial charge is 0.136 e. The van der Waals surface area contributed by atoms with Gasteiger partial charge in [-0.05, 0) is 18.4 Å². The highest BCUT2D eigenvalue weighted by molar-refractivity contribution is 8.93. The quantitative estimate of drug-likeness (QED) is 0.696. The van der Waals surface area contributed by atoms with Crippen LogP contribution < -0.4 is 4.43 Å². The van der Waals surface area contributed by atoms with Gasteiger partial charge < -0.3 is 0 Å². The molecule has 0 N–H and O–H groups in total. The average molecular weight is 241 g/mol. The maximum Gasteiger partial charge on any atom is 0.176 e. The maximum atomic E-state index is 2.79. The first-order chi connectivity index (χ1) is 5.29. The Morgan fingerprint density at radius 2 is 1.83 bits per heavy atom. The number of benzene rings is 1. The van der Waals surface area contributed by atoms with Gasteiger partial charge >= 0.3 is 0 Å². The third-order valence-electron chi connectivity index (χ3n) is 2.04. The minimum absolute atomic E-state index is 0. The number of rotatable bonds is 2. The molecule has 0 atom stereocenters. The van der Waals surface area contributed by atoms with Gasteiger partial charge in [0.15, 0.2) is 16.3 Å². The van der Waals surface area contributed by atoms with Gasteiger partial charge in [-0.15, -0.1) is 21.4 Å². The summed E-state index contributed by atoms with van der Waals surface area (Å²) in [7, 11) is 0. The third kappa shape index (κ3) is 2.62. The summed E-state index contributed by atoms with van der Waals surface area (Å²) in [4.78, 5) is 0. The normalized spacial score (nSPS) is 9.17. The van der Waals surface area contributed by atoms with Crippen LogP contribution in [0, 0.1) is 0 Å². The van der Waals surface area contributed by atoms with Crippen molar-refractivity contribution in [3.05, 3.63) is 29.3 Å². The largest absolute Gasteiger partial charge is 0.176 e. The number of halogens is 1. The van der Waals surface area contributed by atoms with Crippen molar-refractivity contribution >= 4 is 37.7 Å². The molecule has 1 aromatic rings. The first-order valence-corrected chi connectivity index (χ1v) is 4.73. The molecule has 0 aromatic heterocycles. The van der Waals surface area contributed by atoms with Crippen molar-refractivity contribution in [2.45, 2.75) is 26.7 Å². The van der Waals surface area contributed by atoms with Crippen LogP contribution in [0.3, 0.4) is 0 Å². The molecule has 0 saturated heterocycles. The Kier molecular flexibility index (Phi) is 5.92. The van der Waals surface area contributed by atoms with E-state index in [4.69, 9.17) is 0 Å². The predicted octanol–water partition coefficient (Wildman–Crippen LogP) is 2.18. The van der Waals surface area contributed by atoms with Crippen molar-refractivity contribution in [1.82, 2.24) is 0 Å². The minimum Gasteiger partial charge on any atom is -0.136 e. The molecule has 0 heterocycles. The summed E-state index contributed by atoms with van der Waals surface area (Å²) in [6.07, 6.45) is 2.29. The molecule has 0 bridgehead atoms. The fraction of sp³-hybridized carbons (Fsp3) is 0.400. The Morgan fingerprint density at radius 1 is 1.17 bits per heavy atom. The highest BCUT2D eigenvalue weighted by atomic mass is 79.9. The summed E-state index contributed by atoms with van der Waals surface area (Å²) in [6, 6.07) is 6.50. The second kappa shape index (κ2) is 5.81. The van der Waals surface area contributed by atoms with Gasteiger partial charge in [-0.25, -0.2) is 0 Å². The lowest BCUT2D eigenvalue weighted by molar-refractivity contribution is 1.05. The summed E-state index contributed by atoms with van der Waals surface area (Å²) in [5.74, 6) is 0. The number of hydrogen-bond donors (Lipinski definition) is 0. The fourth-order valence-corrected chi connectivity index (χ4v) is 1.92. The molecule has 0 unspecified atom stereocenters. The van der Waals surface area contributed by atoms with Crippen molar-refractivity contribution in [3.8, 4) is 0 Å². The van der Waals surface area contributed by atoms with E-state index in [2.05, 4.69) is 48.3 Å². The van der Waals surface area contributed by atoms with Crippen LogP contribution in [0.25, 0.3) is 0 Å². The van der Waals surface area contributed by atoms with Crippen molar-refractivity contribution in [2.24, 2.45) is 0 Å². The highest BCUT2D eigenvalue weighted by Gasteiger charge is 1.98. The lowest BCUT2D eigenvalue weighted by Crippen LogP contribution is -2.11. The van der Waals surface area contributed by atoms with Gasteiger partial charge in [-0.2, -0.15) is 0 Å². The summed E-state index contributed by atoms with van der Waals surface area (Å²) in [5.41, 5.74) is 2.99. The Labute approximate surface area is 93.6 Å². The van der Waals surface area contributed by atoms with E-state index in [-0.39, 0.29) is 17.0 Å². The average Bonchev–Trinajstić information content (AvgIpc) is 2.04. The van der Waals surface area contributed by atoms with Gasteiger partial charge in [0.2, 0.25) is 0 Å². The van der Waals surface area contributed by atoms with Gasteiger partial charge in [-0.1, -0.05) is 37.6 Å². The van der Waals surface area contributed by atoms with Crippen molar-refractivity contribution in [2.75, 3.05) is 0 Å². The van der Waals surface area contributed by atoms with E-state index >= 15 is 0 Å². The van der Waals surface area contributed by atoms with Crippen LogP contribution in [0.5, 0.6) is 0 Å². The first kappa shape index (κ1) is 12.2. The van der Waals surface area contributed by atoms with Crippen LogP contribution >= 0.6 is 17.0 Å². The van der Waals surface area contributed by atoms with Gasteiger partial charge in [-0.3, -0.25) is 0 Å². The second-order valence-corrected chi connectivity index (χ2v) is 3.31. The van der Waals surface area contributed by atoms with Crippen LogP contribution in [0.4, 0.5) is 0 Å². The van der Waals surface area contributed by atoms with Gasteiger partial charge in [0.25, 0.3) is 0 Å². The maximum absolute atomic E-state index is 2.79. The molecular formula is C10H14AlBr. The van der Waals surface area contributed by atoms with Gasteiger partial charge in [0.1, 0.15) is 0 Å². The van der Waals surface area contributed by atoms with E-state index < -0.39 is 0 Å². The zero-order valence-corrected chi connectivity index (χ0v) is 10.5. The molecule has 0 aliphatic carbocycles. The van der Waals surface area contributed by atoms with E-state index in [1.807, 2.05) is 0 Å². The Bertz CT molecular complexity index is 246. The van der Waals surface area contributed by atoms with Gasteiger partial charge in [0.05, 0.1) is 0 Å². The van der Waals surface area contributed by atoms with Crippen LogP contribution in [0.1, 0.15) is 25.0 Å². The molecular weight excluding hydrogens is 227 g/mol. The summed E-state index contributed by atoms with van der Waals surface area (Å²) in [6.45, 7) is 4.42. The third-order valence-corrected chi connectivity index (χ3v) is 2.58. The minimum atomic E-state index is 0. The monoisotopic (exact) mass is 240 g/mol. The molecule has 1 aromatic carbocycles. The first-order valence-electron chi connectivity index (χ1n) is 4.15. The number of hydrogen-bond acceptors (Lipinski definition) is 0. The van der Waals surface area contributed by atoms with Crippen LogP contribution in [0.2, 0.25) is 0 Å². The van der Waals surface area contributed by atoms with Crippen LogP contribution in [-0.4, -0.2) is 16.3 Å². The van der Waals surface area contributed by atoms with Crippen LogP contribution in [-0.2, 0) is 12.8 Å². The molecule has 64 valence electrons. The molecule has 2 heteroatoms. The van der Waals surface area contributed by atoms with Crippen LogP contribution in [0.15, 0.2) is 18.2 Å². The van der Waals surface area contributed by atoms with E-state index in [1.54, 1.807) is 0 Å². The molecule has 0 nitrogen and oxygen atoms in total. The van der Waals surface area contributed by atoms with Gasteiger partial charge in [0, 0.05) is 0 Å².